The molecule has 1 aliphatic rings. The van der Waals surface area contributed by atoms with E-state index in [-0.39, 0.29) is 5.02 Å². The summed E-state index contributed by atoms with van der Waals surface area (Å²) >= 11 is 5.94. The van der Waals surface area contributed by atoms with Gasteiger partial charge in [-0.05, 0) is 31.0 Å². The first-order chi connectivity index (χ1) is 9.65. The summed E-state index contributed by atoms with van der Waals surface area (Å²) in [5, 5.41) is 3.19. The van der Waals surface area contributed by atoms with Crippen molar-refractivity contribution in [2.24, 2.45) is 0 Å². The number of aromatic nitrogens is 2. The van der Waals surface area contributed by atoms with Gasteiger partial charge in [0.25, 0.3) is 0 Å². The fourth-order valence-electron chi connectivity index (χ4n) is 1.82. The largest absolute Gasteiger partial charge is 0.437 e. The highest BCUT2D eigenvalue weighted by Crippen LogP contribution is 2.39. The zero-order valence-electron chi connectivity index (χ0n) is 10.9. The van der Waals surface area contributed by atoms with Gasteiger partial charge in [0.2, 0.25) is 5.88 Å². The Morgan fingerprint density at radius 1 is 1.30 bits per heavy atom. The first-order valence-corrected chi connectivity index (χ1v) is 6.73. The second-order valence-corrected chi connectivity index (χ2v) is 5.06. The lowest BCUT2D eigenvalue weighted by molar-refractivity contribution is 0.457. The van der Waals surface area contributed by atoms with Crippen LogP contribution in [0.5, 0.6) is 11.6 Å². The van der Waals surface area contributed by atoms with E-state index in [0.29, 0.717) is 23.4 Å². The highest BCUT2D eigenvalue weighted by molar-refractivity contribution is 6.32. The van der Waals surface area contributed by atoms with Gasteiger partial charge < -0.3 is 10.1 Å². The third-order valence-electron chi connectivity index (χ3n) is 3.03. The normalized spacial score (nSPS) is 14.2. The Hall–Kier alpha value is -1.88. The van der Waals surface area contributed by atoms with Crippen molar-refractivity contribution >= 4 is 17.4 Å². The van der Waals surface area contributed by atoms with Crippen molar-refractivity contribution in [1.29, 1.82) is 0 Å². The summed E-state index contributed by atoms with van der Waals surface area (Å²) in [5.74, 6) is 2.24. The van der Waals surface area contributed by atoms with Crippen molar-refractivity contribution in [3.63, 3.8) is 0 Å². The van der Waals surface area contributed by atoms with Gasteiger partial charge in [0.15, 0.2) is 0 Å². The molecule has 0 unspecified atom stereocenters. The molecule has 3 rings (SSSR count). The van der Waals surface area contributed by atoms with Gasteiger partial charge >= 0.3 is 0 Å². The summed E-state index contributed by atoms with van der Waals surface area (Å²) < 4.78 is 18.6. The van der Waals surface area contributed by atoms with Crippen LogP contribution in [0.1, 0.15) is 24.6 Å². The summed E-state index contributed by atoms with van der Waals surface area (Å²) in [5.41, 5.74) is 0. The molecular weight excluding hydrogens is 281 g/mol. The van der Waals surface area contributed by atoms with Crippen molar-refractivity contribution in [2.75, 3.05) is 12.4 Å². The second kappa shape index (κ2) is 5.25. The van der Waals surface area contributed by atoms with Crippen LogP contribution in [0.4, 0.5) is 10.2 Å². The molecule has 1 aromatic carbocycles. The van der Waals surface area contributed by atoms with Gasteiger partial charge in [-0.15, -0.1) is 0 Å². The molecule has 0 radical (unpaired) electrons. The molecule has 1 aromatic heterocycles. The molecule has 0 atom stereocenters. The molecule has 0 saturated heterocycles. The first-order valence-electron chi connectivity index (χ1n) is 6.35. The number of rotatable bonds is 4. The lowest BCUT2D eigenvalue weighted by Gasteiger charge is -2.09. The molecule has 1 N–H and O–H groups in total. The zero-order valence-corrected chi connectivity index (χ0v) is 11.6. The average molecular weight is 294 g/mol. The van der Waals surface area contributed by atoms with Crippen LogP contribution in [-0.4, -0.2) is 17.0 Å². The minimum absolute atomic E-state index is 0.211. The van der Waals surface area contributed by atoms with Gasteiger partial charge in [0.05, 0.1) is 5.02 Å². The molecule has 1 heterocycles. The summed E-state index contributed by atoms with van der Waals surface area (Å²) in [6.07, 6.45) is 2.20. The van der Waals surface area contributed by atoms with Crippen molar-refractivity contribution < 1.29 is 9.13 Å². The lowest BCUT2D eigenvalue weighted by atomic mass is 10.3. The molecule has 1 fully saturated rings. The van der Waals surface area contributed by atoms with Gasteiger partial charge in [-0.2, -0.15) is 4.98 Å². The van der Waals surface area contributed by atoms with E-state index in [1.54, 1.807) is 13.1 Å². The number of nitrogens with one attached hydrogen (secondary N) is 1. The van der Waals surface area contributed by atoms with E-state index in [0.717, 1.165) is 18.7 Å². The Labute approximate surface area is 121 Å². The third kappa shape index (κ3) is 2.82. The SMILES string of the molecule is CNc1cc(Oc2ccc(F)cc2Cl)nc(C2CC2)n1. The molecule has 1 saturated carbocycles. The maximum atomic E-state index is 13.0. The maximum Gasteiger partial charge on any atom is 0.224 e. The summed E-state index contributed by atoms with van der Waals surface area (Å²) in [6.45, 7) is 0. The quantitative estimate of drug-likeness (QED) is 0.926. The summed E-state index contributed by atoms with van der Waals surface area (Å²) in [6, 6.07) is 5.67. The molecular formula is C14H13ClFN3O. The first kappa shape index (κ1) is 13.1. The van der Waals surface area contributed by atoms with E-state index < -0.39 is 5.82 Å². The number of benzene rings is 1. The van der Waals surface area contributed by atoms with E-state index >= 15 is 0 Å². The monoisotopic (exact) mass is 293 g/mol. The van der Waals surface area contributed by atoms with Crippen LogP contribution in [0.3, 0.4) is 0 Å². The number of nitrogens with zero attached hydrogens (tertiary/aromatic N) is 2. The van der Waals surface area contributed by atoms with Gasteiger partial charge in [-0.3, -0.25) is 0 Å². The van der Waals surface area contributed by atoms with Crippen molar-refractivity contribution in [1.82, 2.24) is 9.97 Å². The van der Waals surface area contributed by atoms with Gasteiger partial charge in [0.1, 0.15) is 23.2 Å². The molecule has 1 aliphatic carbocycles. The fourth-order valence-corrected chi connectivity index (χ4v) is 2.02. The van der Waals surface area contributed by atoms with Crippen molar-refractivity contribution in [3.8, 4) is 11.6 Å². The van der Waals surface area contributed by atoms with E-state index in [1.807, 2.05) is 0 Å². The maximum absolute atomic E-state index is 13.0. The Kier molecular flexibility index (Phi) is 3.44. The van der Waals surface area contributed by atoms with E-state index in [1.165, 1.54) is 18.2 Å². The molecule has 0 spiro atoms. The van der Waals surface area contributed by atoms with Crippen LogP contribution in [0.15, 0.2) is 24.3 Å². The van der Waals surface area contributed by atoms with Crippen LogP contribution < -0.4 is 10.1 Å². The average Bonchev–Trinajstić information content (AvgIpc) is 3.26. The Balaban J connectivity index is 1.91. The lowest BCUT2D eigenvalue weighted by Crippen LogP contribution is -2.01. The molecule has 0 aliphatic heterocycles. The van der Waals surface area contributed by atoms with E-state index in [9.17, 15) is 4.39 Å². The molecule has 2 aromatic rings. The number of halogens is 2. The molecule has 20 heavy (non-hydrogen) atoms. The van der Waals surface area contributed by atoms with Gasteiger partial charge in [-0.1, -0.05) is 11.6 Å². The summed E-state index contributed by atoms with van der Waals surface area (Å²) in [4.78, 5) is 8.77. The fraction of sp³-hybridized carbons (Fsp3) is 0.286. The number of ether oxygens (including phenoxy) is 1. The summed E-state index contributed by atoms with van der Waals surface area (Å²) in [7, 11) is 1.79. The van der Waals surface area contributed by atoms with E-state index in [2.05, 4.69) is 15.3 Å². The number of hydrogen-bond donors (Lipinski definition) is 1. The highest BCUT2D eigenvalue weighted by Gasteiger charge is 2.27. The minimum atomic E-state index is -0.403. The second-order valence-electron chi connectivity index (χ2n) is 4.65. The standard InChI is InChI=1S/C14H13ClFN3O/c1-17-12-7-13(19-14(18-12)8-2-3-8)20-11-5-4-9(16)6-10(11)15/h4-8H,2-3H2,1H3,(H,17,18,19). The van der Waals surface area contributed by atoms with Crippen LogP contribution in [0.25, 0.3) is 0 Å². The van der Waals surface area contributed by atoms with Crippen molar-refractivity contribution in [3.05, 3.63) is 40.9 Å². The number of anilines is 1. The topological polar surface area (TPSA) is 47.0 Å². The molecule has 6 heteroatoms. The van der Waals surface area contributed by atoms with Gasteiger partial charge in [0, 0.05) is 19.0 Å². The smallest absolute Gasteiger partial charge is 0.224 e. The Bertz CT molecular complexity index is 646. The predicted molar refractivity (Wildman–Crippen MR) is 75.0 cm³/mol. The van der Waals surface area contributed by atoms with Crippen LogP contribution >= 0.6 is 11.6 Å². The number of hydrogen-bond acceptors (Lipinski definition) is 4. The Morgan fingerprint density at radius 3 is 2.75 bits per heavy atom. The predicted octanol–water partition coefficient (Wildman–Crippen LogP) is 3.98. The minimum Gasteiger partial charge on any atom is -0.437 e. The van der Waals surface area contributed by atoms with Crippen LogP contribution in [0, 0.1) is 5.82 Å². The molecule has 4 nitrogen and oxygen atoms in total. The van der Waals surface area contributed by atoms with Crippen LogP contribution in [-0.2, 0) is 0 Å². The van der Waals surface area contributed by atoms with Gasteiger partial charge in [-0.25, -0.2) is 9.37 Å². The Morgan fingerprint density at radius 2 is 2.10 bits per heavy atom. The van der Waals surface area contributed by atoms with E-state index in [4.69, 9.17) is 16.3 Å². The van der Waals surface area contributed by atoms with Crippen LogP contribution in [0.2, 0.25) is 5.02 Å². The molecule has 104 valence electrons. The van der Waals surface area contributed by atoms with Crippen molar-refractivity contribution in [2.45, 2.75) is 18.8 Å². The zero-order chi connectivity index (χ0) is 14.1. The third-order valence-corrected chi connectivity index (χ3v) is 3.32. The molecule has 0 amide bonds. The highest BCUT2D eigenvalue weighted by atomic mass is 35.5. The molecule has 0 bridgehead atoms.